The zero-order valence-electron chi connectivity index (χ0n) is 16.8. The van der Waals surface area contributed by atoms with E-state index in [-0.39, 0.29) is 29.1 Å². The van der Waals surface area contributed by atoms with Crippen molar-refractivity contribution in [1.82, 2.24) is 10.2 Å². The lowest BCUT2D eigenvalue weighted by atomic mass is 9.78. The summed E-state index contributed by atoms with van der Waals surface area (Å²) in [5.74, 6) is 0.198. The third kappa shape index (κ3) is 3.96. The quantitative estimate of drug-likeness (QED) is 0.876. The topological polar surface area (TPSA) is 41.6 Å². The highest BCUT2D eigenvalue weighted by Gasteiger charge is 2.43. The van der Waals surface area contributed by atoms with Gasteiger partial charge in [-0.25, -0.2) is 0 Å². The first-order chi connectivity index (χ1) is 12.3. The smallest absolute Gasteiger partial charge is 0.230 e. The van der Waals surface area contributed by atoms with Crippen LogP contribution in [0, 0.1) is 0 Å². The molecule has 1 amide bonds. The van der Waals surface area contributed by atoms with Crippen molar-refractivity contribution < 1.29 is 9.53 Å². The average molecular weight is 359 g/mol. The molecule has 1 aliphatic carbocycles. The molecular weight excluding hydrogens is 324 g/mol. The molecule has 1 heterocycles. The Hall–Kier alpha value is -1.39. The van der Waals surface area contributed by atoms with E-state index in [1.807, 2.05) is 18.2 Å². The fourth-order valence-electron chi connectivity index (χ4n) is 4.63. The van der Waals surface area contributed by atoms with Gasteiger partial charge in [0.15, 0.2) is 0 Å². The van der Waals surface area contributed by atoms with Crippen molar-refractivity contribution >= 4 is 5.91 Å². The molecule has 1 N–H and O–H groups in total. The van der Waals surface area contributed by atoms with E-state index in [0.29, 0.717) is 6.54 Å². The van der Waals surface area contributed by atoms with Crippen LogP contribution in [0.15, 0.2) is 30.3 Å². The Morgan fingerprint density at radius 2 is 1.73 bits per heavy atom. The number of amides is 1. The van der Waals surface area contributed by atoms with Crippen molar-refractivity contribution in [3.8, 4) is 0 Å². The summed E-state index contributed by atoms with van der Waals surface area (Å²) in [5.41, 5.74) is 0.739. The van der Waals surface area contributed by atoms with Gasteiger partial charge in [-0.15, -0.1) is 0 Å². The van der Waals surface area contributed by atoms with Gasteiger partial charge < -0.3 is 10.1 Å². The average Bonchev–Trinajstić information content (AvgIpc) is 3.11. The van der Waals surface area contributed by atoms with E-state index in [1.165, 1.54) is 5.56 Å². The molecule has 2 fully saturated rings. The van der Waals surface area contributed by atoms with E-state index >= 15 is 0 Å². The van der Waals surface area contributed by atoms with Crippen molar-refractivity contribution in [2.75, 3.05) is 19.6 Å². The van der Waals surface area contributed by atoms with Crippen LogP contribution in [-0.4, -0.2) is 48.2 Å². The molecule has 0 radical (unpaired) electrons. The second-order valence-corrected chi connectivity index (χ2v) is 8.81. The Kier molecular flexibility index (Phi) is 5.73. The van der Waals surface area contributed by atoms with Gasteiger partial charge in [0.1, 0.15) is 0 Å². The van der Waals surface area contributed by atoms with Crippen molar-refractivity contribution in [2.45, 2.75) is 76.5 Å². The van der Waals surface area contributed by atoms with E-state index in [2.05, 4.69) is 50.0 Å². The lowest BCUT2D eigenvalue weighted by Gasteiger charge is -2.45. The molecule has 2 atom stereocenters. The predicted octanol–water partition coefficient (Wildman–Crippen LogP) is 3.50. The fourth-order valence-corrected chi connectivity index (χ4v) is 4.63. The largest absolute Gasteiger partial charge is 0.373 e. The number of ether oxygens (including phenoxy) is 1. The highest BCUT2D eigenvalue weighted by Crippen LogP contribution is 2.41. The summed E-state index contributed by atoms with van der Waals surface area (Å²) < 4.78 is 5.86. The Morgan fingerprint density at radius 1 is 1.15 bits per heavy atom. The number of morpholine rings is 1. The summed E-state index contributed by atoms with van der Waals surface area (Å²) in [6.07, 6.45) is 4.64. The molecule has 1 aliphatic heterocycles. The van der Waals surface area contributed by atoms with Gasteiger partial charge in [0.25, 0.3) is 0 Å². The van der Waals surface area contributed by atoms with Crippen LogP contribution in [0.1, 0.15) is 58.9 Å². The number of carbonyl (C=O) groups is 1. The molecule has 0 spiro atoms. The number of hydrogen-bond acceptors (Lipinski definition) is 3. The molecule has 1 aromatic rings. The molecule has 2 aliphatic rings. The van der Waals surface area contributed by atoms with Crippen molar-refractivity contribution in [3.05, 3.63) is 35.9 Å². The van der Waals surface area contributed by atoms with E-state index in [1.54, 1.807) is 0 Å². The van der Waals surface area contributed by atoms with Gasteiger partial charge >= 0.3 is 0 Å². The van der Waals surface area contributed by atoms with Gasteiger partial charge in [-0.3, -0.25) is 9.69 Å². The zero-order chi connectivity index (χ0) is 18.8. The molecule has 26 heavy (non-hydrogen) atoms. The summed E-state index contributed by atoms with van der Waals surface area (Å²) in [4.78, 5) is 15.7. The van der Waals surface area contributed by atoms with Crippen LogP contribution in [0.3, 0.4) is 0 Å². The standard InChI is InChI=1S/C22H34N2O2/c1-17-14-24(15-18(2)26-17)21(3,4)16-23-20(25)22(12-8-9-13-22)19-10-6-5-7-11-19/h5-7,10-11,17-18H,8-9,12-16H2,1-4H3,(H,23,25). The maximum atomic E-state index is 13.3. The van der Waals surface area contributed by atoms with Crippen LogP contribution in [0.25, 0.3) is 0 Å². The number of hydrogen-bond donors (Lipinski definition) is 1. The molecule has 1 saturated heterocycles. The molecule has 1 saturated carbocycles. The fraction of sp³-hybridized carbons (Fsp3) is 0.682. The zero-order valence-corrected chi connectivity index (χ0v) is 16.8. The molecule has 1 aromatic carbocycles. The minimum absolute atomic E-state index is 0.0849. The van der Waals surface area contributed by atoms with E-state index < -0.39 is 0 Å². The summed E-state index contributed by atoms with van der Waals surface area (Å²) in [5, 5.41) is 3.31. The second-order valence-electron chi connectivity index (χ2n) is 8.81. The number of nitrogens with zero attached hydrogens (tertiary/aromatic N) is 1. The Labute approximate surface area is 158 Å². The molecule has 2 unspecified atom stereocenters. The molecule has 144 valence electrons. The monoisotopic (exact) mass is 358 g/mol. The molecule has 3 rings (SSSR count). The van der Waals surface area contributed by atoms with Gasteiger partial charge in [0.2, 0.25) is 5.91 Å². The SMILES string of the molecule is CC1CN(C(C)(C)CNC(=O)C2(c3ccccc3)CCCC2)CC(C)O1. The third-order valence-corrected chi connectivity index (χ3v) is 6.18. The van der Waals surface area contributed by atoms with Gasteiger partial charge in [-0.2, -0.15) is 0 Å². The van der Waals surface area contributed by atoms with E-state index in [4.69, 9.17) is 4.74 Å². The molecule has 0 bridgehead atoms. The third-order valence-electron chi connectivity index (χ3n) is 6.18. The molecule has 0 aromatic heterocycles. The summed E-state index contributed by atoms with van der Waals surface area (Å²) >= 11 is 0. The molecular formula is C22H34N2O2. The number of nitrogens with one attached hydrogen (secondary N) is 1. The number of rotatable bonds is 5. The van der Waals surface area contributed by atoms with Crippen molar-refractivity contribution in [2.24, 2.45) is 0 Å². The summed E-state index contributed by atoms with van der Waals surface area (Å²) in [6, 6.07) is 10.3. The van der Waals surface area contributed by atoms with Crippen LogP contribution in [0.2, 0.25) is 0 Å². The summed E-state index contributed by atoms with van der Waals surface area (Å²) in [7, 11) is 0. The summed E-state index contributed by atoms with van der Waals surface area (Å²) in [6.45, 7) is 11.2. The Balaban J connectivity index is 1.68. The lowest BCUT2D eigenvalue weighted by Crippen LogP contribution is -2.59. The normalized spacial score (nSPS) is 26.6. The van der Waals surface area contributed by atoms with Gasteiger partial charge in [-0.05, 0) is 46.1 Å². The minimum atomic E-state index is -0.344. The van der Waals surface area contributed by atoms with Gasteiger partial charge in [-0.1, -0.05) is 43.2 Å². The van der Waals surface area contributed by atoms with Crippen LogP contribution >= 0.6 is 0 Å². The first-order valence-electron chi connectivity index (χ1n) is 10.1. The van der Waals surface area contributed by atoms with Crippen molar-refractivity contribution in [1.29, 1.82) is 0 Å². The first-order valence-corrected chi connectivity index (χ1v) is 10.1. The second kappa shape index (κ2) is 7.69. The molecule has 4 heteroatoms. The molecule has 4 nitrogen and oxygen atoms in total. The lowest BCUT2D eigenvalue weighted by molar-refractivity contribution is -0.128. The highest BCUT2D eigenvalue weighted by molar-refractivity contribution is 5.88. The highest BCUT2D eigenvalue weighted by atomic mass is 16.5. The number of benzene rings is 1. The van der Waals surface area contributed by atoms with Crippen LogP contribution < -0.4 is 5.32 Å². The van der Waals surface area contributed by atoms with Crippen LogP contribution in [0.4, 0.5) is 0 Å². The van der Waals surface area contributed by atoms with Crippen LogP contribution in [-0.2, 0) is 14.9 Å². The maximum Gasteiger partial charge on any atom is 0.230 e. The number of carbonyl (C=O) groups excluding carboxylic acids is 1. The van der Waals surface area contributed by atoms with E-state index in [0.717, 1.165) is 38.8 Å². The van der Waals surface area contributed by atoms with Gasteiger partial charge in [0, 0.05) is 25.2 Å². The van der Waals surface area contributed by atoms with E-state index in [9.17, 15) is 4.79 Å². The predicted molar refractivity (Wildman–Crippen MR) is 105 cm³/mol. The first kappa shape index (κ1) is 19.4. The Bertz CT molecular complexity index is 598. The Morgan fingerprint density at radius 3 is 2.31 bits per heavy atom. The van der Waals surface area contributed by atoms with Crippen LogP contribution in [0.5, 0.6) is 0 Å². The van der Waals surface area contributed by atoms with Gasteiger partial charge in [0.05, 0.1) is 17.6 Å². The van der Waals surface area contributed by atoms with Crippen molar-refractivity contribution in [3.63, 3.8) is 0 Å². The maximum absolute atomic E-state index is 13.3. The minimum Gasteiger partial charge on any atom is -0.373 e.